The highest BCUT2D eigenvalue weighted by Crippen LogP contribution is 2.48. The maximum atomic E-state index is 6.46. The zero-order valence-corrected chi connectivity index (χ0v) is 25.4. The van der Waals surface area contributed by atoms with E-state index >= 15 is 0 Å². The van der Waals surface area contributed by atoms with E-state index in [1.807, 2.05) is 54.6 Å². The minimum absolute atomic E-state index is 0.569. The fourth-order valence-corrected chi connectivity index (χ4v) is 6.55. The highest BCUT2D eigenvalue weighted by molar-refractivity contribution is 6.20. The Labute approximate surface area is 271 Å². The largest absolute Gasteiger partial charge is 0.456 e. The molecule has 0 fully saturated rings. The second-order valence-corrected chi connectivity index (χ2v) is 11.6. The standard InChI is InChI=1S/C43H28N2O2/c1-4-14-29(15-5-1)34-20-10-11-21-35(34)30-24-26-33(27-25-30)45(32-18-8-3-9-19-32)42-40-36-22-12-13-23-37(36)46-38(40)28-39-41(42)44-43(47-39)31-16-6-2-7-17-31/h1-28H. The molecular weight excluding hydrogens is 576 g/mol. The van der Waals surface area contributed by atoms with Gasteiger partial charge in [-0.15, -0.1) is 0 Å². The summed E-state index contributed by atoms with van der Waals surface area (Å²) in [6, 6.07) is 58.5. The quantitative estimate of drug-likeness (QED) is 0.189. The number of fused-ring (bicyclic) bond motifs is 4. The molecule has 0 amide bonds. The normalized spacial score (nSPS) is 11.4. The van der Waals surface area contributed by atoms with E-state index < -0.39 is 0 Å². The molecule has 2 heterocycles. The van der Waals surface area contributed by atoms with Crippen LogP contribution in [0.15, 0.2) is 179 Å². The molecule has 47 heavy (non-hydrogen) atoms. The summed E-state index contributed by atoms with van der Waals surface area (Å²) in [5.41, 5.74) is 11.6. The number of aromatic nitrogens is 1. The minimum Gasteiger partial charge on any atom is -0.456 e. The molecule has 9 rings (SSSR count). The average molecular weight is 605 g/mol. The molecule has 0 saturated carbocycles. The van der Waals surface area contributed by atoms with E-state index in [-0.39, 0.29) is 0 Å². The van der Waals surface area contributed by atoms with Gasteiger partial charge in [-0.3, -0.25) is 0 Å². The lowest BCUT2D eigenvalue weighted by molar-refractivity contribution is 0.617. The van der Waals surface area contributed by atoms with E-state index in [0.29, 0.717) is 11.5 Å². The van der Waals surface area contributed by atoms with Gasteiger partial charge in [0, 0.05) is 28.4 Å². The van der Waals surface area contributed by atoms with Gasteiger partial charge in [-0.05, 0) is 64.7 Å². The molecular formula is C43H28N2O2. The van der Waals surface area contributed by atoms with Gasteiger partial charge in [-0.25, -0.2) is 4.98 Å². The fraction of sp³-hybridized carbons (Fsp3) is 0. The van der Waals surface area contributed by atoms with Crippen molar-refractivity contribution < 1.29 is 8.83 Å². The summed E-state index contributed by atoms with van der Waals surface area (Å²) in [5, 5.41) is 2.02. The second kappa shape index (κ2) is 11.2. The van der Waals surface area contributed by atoms with Crippen molar-refractivity contribution >= 4 is 50.1 Å². The number of furan rings is 1. The predicted octanol–water partition coefficient (Wildman–Crippen LogP) is 12.2. The summed E-state index contributed by atoms with van der Waals surface area (Å²) < 4.78 is 12.9. The van der Waals surface area contributed by atoms with Crippen molar-refractivity contribution in [3.63, 3.8) is 0 Å². The van der Waals surface area contributed by atoms with Gasteiger partial charge in [0.15, 0.2) is 5.58 Å². The van der Waals surface area contributed by atoms with Gasteiger partial charge in [0.05, 0.1) is 11.1 Å². The van der Waals surface area contributed by atoms with Gasteiger partial charge in [0.1, 0.15) is 16.7 Å². The Morgan fingerprint density at radius 3 is 1.68 bits per heavy atom. The molecule has 4 nitrogen and oxygen atoms in total. The van der Waals surface area contributed by atoms with Crippen LogP contribution in [0, 0.1) is 0 Å². The Balaban J connectivity index is 1.28. The number of benzene rings is 7. The van der Waals surface area contributed by atoms with Crippen LogP contribution in [0.2, 0.25) is 0 Å². The summed E-state index contributed by atoms with van der Waals surface area (Å²) in [7, 11) is 0. The minimum atomic E-state index is 0.569. The molecule has 2 aromatic heterocycles. The second-order valence-electron chi connectivity index (χ2n) is 11.6. The van der Waals surface area contributed by atoms with Gasteiger partial charge in [-0.2, -0.15) is 0 Å². The Hall–Kier alpha value is -6.39. The zero-order valence-electron chi connectivity index (χ0n) is 25.4. The molecule has 0 unspecified atom stereocenters. The lowest BCUT2D eigenvalue weighted by Crippen LogP contribution is -2.11. The van der Waals surface area contributed by atoms with Crippen molar-refractivity contribution in [3.05, 3.63) is 170 Å². The molecule has 4 heteroatoms. The van der Waals surface area contributed by atoms with Crippen LogP contribution in [0.4, 0.5) is 17.1 Å². The lowest BCUT2D eigenvalue weighted by atomic mass is 9.94. The first-order valence-corrected chi connectivity index (χ1v) is 15.7. The average Bonchev–Trinajstić information content (AvgIpc) is 3.74. The van der Waals surface area contributed by atoms with Gasteiger partial charge >= 0.3 is 0 Å². The number of rotatable bonds is 6. The van der Waals surface area contributed by atoms with Crippen LogP contribution >= 0.6 is 0 Å². The van der Waals surface area contributed by atoms with Crippen LogP contribution in [-0.2, 0) is 0 Å². The first-order chi connectivity index (χ1) is 23.3. The first-order valence-electron chi connectivity index (χ1n) is 15.7. The molecule has 0 aliphatic carbocycles. The summed E-state index contributed by atoms with van der Waals surface area (Å²) in [6.07, 6.45) is 0. The first kappa shape index (κ1) is 27.0. The van der Waals surface area contributed by atoms with Crippen molar-refractivity contribution in [3.8, 4) is 33.7 Å². The van der Waals surface area contributed by atoms with E-state index in [0.717, 1.165) is 55.6 Å². The van der Waals surface area contributed by atoms with Crippen LogP contribution in [0.5, 0.6) is 0 Å². The number of anilines is 3. The van der Waals surface area contributed by atoms with Crippen molar-refractivity contribution in [2.45, 2.75) is 0 Å². The number of para-hydroxylation sites is 2. The van der Waals surface area contributed by atoms with Crippen LogP contribution in [0.3, 0.4) is 0 Å². The monoisotopic (exact) mass is 604 g/mol. The van der Waals surface area contributed by atoms with Crippen LogP contribution < -0.4 is 4.90 Å². The molecule has 0 N–H and O–H groups in total. The molecule has 0 aliphatic rings. The molecule has 222 valence electrons. The van der Waals surface area contributed by atoms with Gasteiger partial charge in [-0.1, -0.05) is 121 Å². The van der Waals surface area contributed by atoms with Crippen molar-refractivity contribution in [1.82, 2.24) is 4.98 Å². The third-order valence-electron chi connectivity index (χ3n) is 8.71. The van der Waals surface area contributed by atoms with Crippen molar-refractivity contribution in [1.29, 1.82) is 0 Å². The number of oxazole rings is 1. The zero-order chi connectivity index (χ0) is 31.2. The molecule has 7 aromatic carbocycles. The molecule has 0 radical (unpaired) electrons. The summed E-state index contributed by atoms with van der Waals surface area (Å²) in [4.78, 5) is 7.43. The van der Waals surface area contributed by atoms with E-state index in [2.05, 4.69) is 120 Å². The summed E-state index contributed by atoms with van der Waals surface area (Å²) >= 11 is 0. The topological polar surface area (TPSA) is 42.4 Å². The SMILES string of the molecule is c1ccc(-c2nc3c(N(c4ccccc4)c4ccc(-c5ccccc5-c5ccccc5)cc4)c4c(cc3o2)oc2ccccc24)cc1. The Morgan fingerprint density at radius 1 is 0.426 bits per heavy atom. The summed E-state index contributed by atoms with van der Waals surface area (Å²) in [5.74, 6) is 0.569. The van der Waals surface area contributed by atoms with Crippen LogP contribution in [0.25, 0.3) is 66.7 Å². The van der Waals surface area contributed by atoms with Gasteiger partial charge in [0.2, 0.25) is 5.89 Å². The number of hydrogen-bond donors (Lipinski definition) is 0. The molecule has 0 bridgehead atoms. The molecule has 0 saturated heterocycles. The van der Waals surface area contributed by atoms with Gasteiger partial charge in [0.25, 0.3) is 0 Å². The lowest BCUT2D eigenvalue weighted by Gasteiger charge is -2.26. The maximum absolute atomic E-state index is 6.46. The van der Waals surface area contributed by atoms with Gasteiger partial charge < -0.3 is 13.7 Å². The molecule has 0 aliphatic heterocycles. The van der Waals surface area contributed by atoms with E-state index in [1.165, 1.54) is 16.7 Å². The Bertz CT molecular complexity index is 2500. The Morgan fingerprint density at radius 2 is 0.979 bits per heavy atom. The highest BCUT2D eigenvalue weighted by atomic mass is 16.4. The van der Waals surface area contributed by atoms with E-state index in [4.69, 9.17) is 13.8 Å². The fourth-order valence-electron chi connectivity index (χ4n) is 6.55. The molecule has 0 atom stereocenters. The van der Waals surface area contributed by atoms with E-state index in [1.54, 1.807) is 0 Å². The summed E-state index contributed by atoms with van der Waals surface area (Å²) in [6.45, 7) is 0. The third kappa shape index (κ3) is 4.66. The van der Waals surface area contributed by atoms with Crippen molar-refractivity contribution in [2.75, 3.05) is 4.90 Å². The van der Waals surface area contributed by atoms with Crippen LogP contribution in [-0.4, -0.2) is 4.98 Å². The molecule has 0 spiro atoms. The predicted molar refractivity (Wildman–Crippen MR) is 192 cm³/mol. The molecule has 9 aromatic rings. The maximum Gasteiger partial charge on any atom is 0.227 e. The third-order valence-corrected chi connectivity index (χ3v) is 8.71. The highest BCUT2D eigenvalue weighted by Gasteiger charge is 2.26. The van der Waals surface area contributed by atoms with Crippen molar-refractivity contribution in [2.24, 2.45) is 0 Å². The smallest absolute Gasteiger partial charge is 0.227 e. The number of hydrogen-bond acceptors (Lipinski definition) is 4. The number of nitrogens with zero attached hydrogens (tertiary/aromatic N) is 2. The van der Waals surface area contributed by atoms with E-state index in [9.17, 15) is 0 Å². The van der Waals surface area contributed by atoms with Crippen LogP contribution in [0.1, 0.15) is 0 Å². The Kier molecular flexibility index (Phi) is 6.43.